The Hall–Kier alpha value is -1.91. The van der Waals surface area contributed by atoms with E-state index in [0.717, 1.165) is 22.6 Å². The highest BCUT2D eigenvalue weighted by molar-refractivity contribution is 5.72. The number of aliphatic carboxylic acids is 1. The van der Waals surface area contributed by atoms with E-state index in [-0.39, 0.29) is 6.42 Å². The van der Waals surface area contributed by atoms with Crippen molar-refractivity contribution in [2.45, 2.75) is 46.1 Å². The molecular formula is C14H19N3O2. The zero-order valence-electron chi connectivity index (χ0n) is 11.6. The number of aryl methyl sites for hydroxylation is 2. The van der Waals surface area contributed by atoms with Crippen LogP contribution in [-0.2, 0) is 11.3 Å². The maximum Gasteiger partial charge on any atom is 0.303 e. The second-order valence-corrected chi connectivity index (χ2v) is 5.13. The van der Waals surface area contributed by atoms with Gasteiger partial charge in [0, 0.05) is 25.1 Å². The van der Waals surface area contributed by atoms with Gasteiger partial charge in [-0.2, -0.15) is 0 Å². The first-order valence-electron chi connectivity index (χ1n) is 6.53. The van der Waals surface area contributed by atoms with Gasteiger partial charge in [-0.25, -0.2) is 9.97 Å². The van der Waals surface area contributed by atoms with Gasteiger partial charge < -0.3 is 9.67 Å². The van der Waals surface area contributed by atoms with Crippen LogP contribution in [0.2, 0.25) is 0 Å². The fraction of sp³-hybridized carbons (Fsp3) is 0.500. The fourth-order valence-corrected chi connectivity index (χ4v) is 2.18. The minimum Gasteiger partial charge on any atom is -0.481 e. The average molecular weight is 261 g/mol. The lowest BCUT2D eigenvalue weighted by atomic mass is 10.2. The Morgan fingerprint density at radius 1 is 1.47 bits per heavy atom. The Morgan fingerprint density at radius 2 is 2.21 bits per heavy atom. The molecule has 0 aliphatic rings. The van der Waals surface area contributed by atoms with Crippen molar-refractivity contribution in [3.05, 3.63) is 23.7 Å². The van der Waals surface area contributed by atoms with Crippen molar-refractivity contribution in [2.75, 3.05) is 0 Å². The van der Waals surface area contributed by atoms with E-state index < -0.39 is 5.97 Å². The maximum atomic E-state index is 10.6. The van der Waals surface area contributed by atoms with E-state index in [1.165, 1.54) is 0 Å². The summed E-state index contributed by atoms with van der Waals surface area (Å²) in [5.74, 6) is 0.497. The number of hydrogen-bond acceptors (Lipinski definition) is 3. The van der Waals surface area contributed by atoms with E-state index in [1.807, 2.05) is 23.8 Å². The number of fused-ring (bicyclic) bond motifs is 1. The lowest BCUT2D eigenvalue weighted by Gasteiger charge is -2.10. The predicted molar refractivity (Wildman–Crippen MR) is 73.2 cm³/mol. The number of rotatable bonds is 5. The number of carbonyl (C=O) groups is 1. The van der Waals surface area contributed by atoms with Crippen molar-refractivity contribution in [3.63, 3.8) is 0 Å². The Kier molecular flexibility index (Phi) is 3.83. The Balaban J connectivity index is 2.37. The van der Waals surface area contributed by atoms with Gasteiger partial charge in [0.25, 0.3) is 0 Å². The second-order valence-electron chi connectivity index (χ2n) is 5.13. The van der Waals surface area contributed by atoms with Crippen molar-refractivity contribution in [3.8, 4) is 0 Å². The van der Waals surface area contributed by atoms with Crippen LogP contribution in [0.3, 0.4) is 0 Å². The van der Waals surface area contributed by atoms with E-state index in [0.29, 0.717) is 18.9 Å². The van der Waals surface area contributed by atoms with E-state index >= 15 is 0 Å². The SMILES string of the molecule is Cc1cnc2c(c1)nc(C(C)C)n2CCCC(=O)O. The Labute approximate surface area is 112 Å². The quantitative estimate of drug-likeness (QED) is 0.898. The van der Waals surface area contributed by atoms with Crippen molar-refractivity contribution in [1.29, 1.82) is 0 Å². The smallest absolute Gasteiger partial charge is 0.303 e. The molecule has 0 atom stereocenters. The van der Waals surface area contributed by atoms with E-state index in [4.69, 9.17) is 5.11 Å². The molecule has 0 aromatic carbocycles. The minimum absolute atomic E-state index is 0.170. The number of carboxylic acid groups (broad SMARTS) is 1. The Bertz CT molecular complexity index is 602. The highest BCUT2D eigenvalue weighted by Gasteiger charge is 2.14. The number of pyridine rings is 1. The van der Waals surface area contributed by atoms with Gasteiger partial charge in [0.05, 0.1) is 0 Å². The molecule has 19 heavy (non-hydrogen) atoms. The third kappa shape index (κ3) is 2.92. The summed E-state index contributed by atoms with van der Waals surface area (Å²) in [4.78, 5) is 19.7. The number of imidazole rings is 1. The molecule has 0 fully saturated rings. The van der Waals surface area contributed by atoms with Gasteiger partial charge in [-0.3, -0.25) is 4.79 Å². The summed E-state index contributed by atoms with van der Waals surface area (Å²) in [6, 6.07) is 2.02. The van der Waals surface area contributed by atoms with Crippen LogP contribution in [0.25, 0.3) is 11.2 Å². The minimum atomic E-state index is -0.765. The molecule has 5 heteroatoms. The fourth-order valence-electron chi connectivity index (χ4n) is 2.18. The third-order valence-electron chi connectivity index (χ3n) is 3.04. The van der Waals surface area contributed by atoms with Crippen LogP contribution in [0.15, 0.2) is 12.3 Å². The van der Waals surface area contributed by atoms with Gasteiger partial charge in [0.2, 0.25) is 0 Å². The molecule has 102 valence electrons. The molecule has 5 nitrogen and oxygen atoms in total. The van der Waals surface area contributed by atoms with Gasteiger partial charge in [-0.1, -0.05) is 13.8 Å². The van der Waals surface area contributed by atoms with Crippen LogP contribution < -0.4 is 0 Å². The van der Waals surface area contributed by atoms with Crippen LogP contribution in [-0.4, -0.2) is 25.6 Å². The molecule has 0 radical (unpaired) electrons. The van der Waals surface area contributed by atoms with Gasteiger partial charge in [-0.15, -0.1) is 0 Å². The molecule has 0 saturated carbocycles. The van der Waals surface area contributed by atoms with E-state index in [9.17, 15) is 4.79 Å². The van der Waals surface area contributed by atoms with Crippen molar-refractivity contribution >= 4 is 17.1 Å². The van der Waals surface area contributed by atoms with Crippen LogP contribution >= 0.6 is 0 Å². The lowest BCUT2D eigenvalue weighted by molar-refractivity contribution is -0.137. The maximum absolute atomic E-state index is 10.6. The third-order valence-corrected chi connectivity index (χ3v) is 3.04. The van der Waals surface area contributed by atoms with Crippen LogP contribution in [0.1, 0.15) is 44.0 Å². The standard InChI is InChI=1S/C14H19N3O2/c1-9(2)13-16-11-7-10(3)8-15-14(11)17(13)6-4-5-12(18)19/h7-9H,4-6H2,1-3H3,(H,18,19). The van der Waals surface area contributed by atoms with Gasteiger partial charge in [0.15, 0.2) is 5.65 Å². The first-order chi connectivity index (χ1) is 8.99. The van der Waals surface area contributed by atoms with Crippen LogP contribution in [0.4, 0.5) is 0 Å². The second kappa shape index (κ2) is 5.38. The molecule has 2 aromatic heterocycles. The topological polar surface area (TPSA) is 68.0 Å². The molecule has 2 aromatic rings. The molecule has 0 aliphatic carbocycles. The zero-order valence-corrected chi connectivity index (χ0v) is 11.6. The normalized spacial score (nSPS) is 11.4. The highest BCUT2D eigenvalue weighted by Crippen LogP contribution is 2.21. The summed E-state index contributed by atoms with van der Waals surface area (Å²) >= 11 is 0. The van der Waals surface area contributed by atoms with Gasteiger partial charge >= 0.3 is 5.97 Å². The summed E-state index contributed by atoms with van der Waals surface area (Å²) in [6.45, 7) is 6.81. The van der Waals surface area contributed by atoms with Crippen molar-refractivity contribution < 1.29 is 9.90 Å². The summed E-state index contributed by atoms with van der Waals surface area (Å²) < 4.78 is 2.04. The number of aromatic nitrogens is 3. The molecule has 1 N–H and O–H groups in total. The molecule has 0 spiro atoms. The molecule has 2 heterocycles. The van der Waals surface area contributed by atoms with E-state index in [2.05, 4.69) is 23.8 Å². The number of carboxylic acids is 1. The summed E-state index contributed by atoms with van der Waals surface area (Å²) in [7, 11) is 0. The van der Waals surface area contributed by atoms with Gasteiger partial charge in [-0.05, 0) is 25.0 Å². The summed E-state index contributed by atoms with van der Waals surface area (Å²) in [6.07, 6.45) is 2.58. The van der Waals surface area contributed by atoms with Crippen molar-refractivity contribution in [2.24, 2.45) is 0 Å². The largest absolute Gasteiger partial charge is 0.481 e. The van der Waals surface area contributed by atoms with Gasteiger partial charge in [0.1, 0.15) is 11.3 Å². The summed E-state index contributed by atoms with van der Waals surface area (Å²) in [5, 5.41) is 8.73. The molecule has 0 unspecified atom stereocenters. The molecule has 0 saturated heterocycles. The zero-order chi connectivity index (χ0) is 14.0. The average Bonchev–Trinajstić information content (AvgIpc) is 2.67. The number of hydrogen-bond donors (Lipinski definition) is 1. The molecular weight excluding hydrogens is 242 g/mol. The first-order valence-corrected chi connectivity index (χ1v) is 6.53. The van der Waals surface area contributed by atoms with Crippen LogP contribution in [0, 0.1) is 6.92 Å². The van der Waals surface area contributed by atoms with E-state index in [1.54, 1.807) is 0 Å². The summed E-state index contributed by atoms with van der Waals surface area (Å²) in [5.41, 5.74) is 2.82. The Morgan fingerprint density at radius 3 is 2.84 bits per heavy atom. The molecule has 0 amide bonds. The molecule has 0 bridgehead atoms. The monoisotopic (exact) mass is 261 g/mol. The highest BCUT2D eigenvalue weighted by atomic mass is 16.4. The predicted octanol–water partition coefficient (Wildman–Crippen LogP) is 2.73. The van der Waals surface area contributed by atoms with Crippen LogP contribution in [0.5, 0.6) is 0 Å². The first kappa shape index (κ1) is 13.5. The molecule has 0 aliphatic heterocycles. The number of nitrogens with zero attached hydrogens (tertiary/aromatic N) is 3. The van der Waals surface area contributed by atoms with Crippen molar-refractivity contribution in [1.82, 2.24) is 14.5 Å². The lowest BCUT2D eigenvalue weighted by Crippen LogP contribution is -2.08. The molecule has 2 rings (SSSR count).